The third kappa shape index (κ3) is 1.99. The van der Waals surface area contributed by atoms with Gasteiger partial charge in [0, 0.05) is 7.11 Å². The first-order chi connectivity index (χ1) is 6.12. The summed E-state index contributed by atoms with van der Waals surface area (Å²) in [5, 5.41) is 18.4. The molecule has 1 atom stereocenters. The summed E-state index contributed by atoms with van der Waals surface area (Å²) in [7, 11) is 1.53. The maximum atomic E-state index is 9.23. The second-order valence-corrected chi connectivity index (χ2v) is 3.14. The third-order valence-corrected chi connectivity index (χ3v) is 2.21. The molecular formula is C10H14O3. The highest BCUT2D eigenvalue weighted by Gasteiger charge is 2.25. The third-order valence-electron chi connectivity index (χ3n) is 2.21. The number of aliphatic hydroxyl groups excluding tert-OH is 1. The number of ether oxygens (including phenoxy) is 1. The minimum atomic E-state index is -0.737. The largest absolute Gasteiger partial charge is 0.508 e. The van der Waals surface area contributed by atoms with Crippen LogP contribution in [0, 0.1) is 0 Å². The van der Waals surface area contributed by atoms with Crippen molar-refractivity contribution >= 4 is 0 Å². The van der Waals surface area contributed by atoms with E-state index in [1.165, 1.54) is 7.11 Å². The van der Waals surface area contributed by atoms with Crippen LogP contribution in [-0.4, -0.2) is 23.9 Å². The standard InChI is InChI=1S/C10H14O3/c1-10(7-11,13-2)8-4-3-5-9(12)6-8/h3-6,11-12H,7H2,1-2H3. The van der Waals surface area contributed by atoms with Gasteiger partial charge in [0.2, 0.25) is 0 Å². The second kappa shape index (κ2) is 3.77. The zero-order valence-electron chi connectivity index (χ0n) is 7.82. The molecule has 2 N–H and O–H groups in total. The predicted molar refractivity (Wildman–Crippen MR) is 49.6 cm³/mol. The Morgan fingerprint density at radius 1 is 1.46 bits per heavy atom. The van der Waals surface area contributed by atoms with E-state index in [4.69, 9.17) is 9.84 Å². The molecule has 0 aromatic heterocycles. The van der Waals surface area contributed by atoms with Crippen LogP contribution in [0.15, 0.2) is 24.3 Å². The van der Waals surface area contributed by atoms with Crippen molar-refractivity contribution in [1.82, 2.24) is 0 Å². The van der Waals surface area contributed by atoms with Crippen LogP contribution in [0.4, 0.5) is 0 Å². The average molecular weight is 182 g/mol. The lowest BCUT2D eigenvalue weighted by molar-refractivity contribution is -0.0423. The fraction of sp³-hybridized carbons (Fsp3) is 0.400. The Hall–Kier alpha value is -1.06. The summed E-state index contributed by atoms with van der Waals surface area (Å²) in [5.41, 5.74) is 0.0242. The molecule has 0 fully saturated rings. The first-order valence-corrected chi connectivity index (χ1v) is 4.08. The molecule has 0 aliphatic carbocycles. The van der Waals surface area contributed by atoms with E-state index in [9.17, 15) is 5.11 Å². The van der Waals surface area contributed by atoms with Crippen molar-refractivity contribution in [2.75, 3.05) is 13.7 Å². The van der Waals surface area contributed by atoms with Crippen LogP contribution < -0.4 is 0 Å². The zero-order chi connectivity index (χ0) is 9.90. The van der Waals surface area contributed by atoms with Gasteiger partial charge in [0.05, 0.1) is 6.61 Å². The van der Waals surface area contributed by atoms with Gasteiger partial charge in [-0.15, -0.1) is 0 Å². The van der Waals surface area contributed by atoms with Crippen molar-refractivity contribution in [3.8, 4) is 5.75 Å². The molecule has 0 saturated heterocycles. The van der Waals surface area contributed by atoms with E-state index in [0.717, 1.165) is 5.56 Å². The first kappa shape index (κ1) is 10.0. The lowest BCUT2D eigenvalue weighted by Gasteiger charge is -2.26. The molecule has 3 heteroatoms. The molecule has 1 rings (SSSR count). The number of benzene rings is 1. The molecule has 1 aromatic rings. The number of hydrogen-bond donors (Lipinski definition) is 2. The molecule has 13 heavy (non-hydrogen) atoms. The van der Waals surface area contributed by atoms with E-state index < -0.39 is 5.60 Å². The molecule has 0 saturated carbocycles. The minimum absolute atomic E-state index is 0.118. The van der Waals surface area contributed by atoms with Crippen molar-refractivity contribution in [2.45, 2.75) is 12.5 Å². The lowest BCUT2D eigenvalue weighted by Crippen LogP contribution is -2.28. The summed E-state index contributed by atoms with van der Waals surface area (Å²) in [6.45, 7) is 1.65. The van der Waals surface area contributed by atoms with Crippen molar-refractivity contribution < 1.29 is 14.9 Å². The van der Waals surface area contributed by atoms with Gasteiger partial charge in [0.1, 0.15) is 11.4 Å². The first-order valence-electron chi connectivity index (χ1n) is 4.08. The number of phenols is 1. The number of aliphatic hydroxyl groups is 1. The van der Waals surface area contributed by atoms with Gasteiger partial charge >= 0.3 is 0 Å². The smallest absolute Gasteiger partial charge is 0.115 e. The van der Waals surface area contributed by atoms with E-state index in [1.807, 2.05) is 0 Å². The molecule has 0 radical (unpaired) electrons. The molecule has 0 aliphatic rings. The maximum Gasteiger partial charge on any atom is 0.115 e. The Morgan fingerprint density at radius 3 is 2.62 bits per heavy atom. The molecule has 1 unspecified atom stereocenters. The van der Waals surface area contributed by atoms with Crippen LogP contribution >= 0.6 is 0 Å². The lowest BCUT2D eigenvalue weighted by atomic mass is 9.96. The molecule has 0 amide bonds. The molecule has 0 spiro atoms. The molecule has 1 aromatic carbocycles. The van der Waals surface area contributed by atoms with E-state index in [1.54, 1.807) is 31.2 Å². The molecule has 0 heterocycles. The summed E-state index contributed by atoms with van der Waals surface area (Å²) in [6.07, 6.45) is 0. The molecule has 72 valence electrons. The van der Waals surface area contributed by atoms with Gasteiger partial charge < -0.3 is 14.9 Å². The normalized spacial score (nSPS) is 15.3. The van der Waals surface area contributed by atoms with Crippen LogP contribution in [0.25, 0.3) is 0 Å². The van der Waals surface area contributed by atoms with E-state index in [0.29, 0.717) is 0 Å². The fourth-order valence-electron chi connectivity index (χ4n) is 1.11. The molecular weight excluding hydrogens is 168 g/mol. The van der Waals surface area contributed by atoms with Crippen molar-refractivity contribution in [3.05, 3.63) is 29.8 Å². The number of rotatable bonds is 3. The summed E-state index contributed by atoms with van der Waals surface area (Å²) in [6, 6.07) is 6.69. The van der Waals surface area contributed by atoms with Crippen molar-refractivity contribution in [1.29, 1.82) is 0 Å². The van der Waals surface area contributed by atoms with Crippen LogP contribution in [0.2, 0.25) is 0 Å². The number of methoxy groups -OCH3 is 1. The maximum absolute atomic E-state index is 9.23. The highest BCUT2D eigenvalue weighted by Crippen LogP contribution is 2.26. The van der Waals surface area contributed by atoms with Gasteiger partial charge in [-0.1, -0.05) is 12.1 Å². The van der Waals surface area contributed by atoms with Gasteiger partial charge in [0.25, 0.3) is 0 Å². The fourth-order valence-corrected chi connectivity index (χ4v) is 1.11. The number of phenolic OH excluding ortho intramolecular Hbond substituents is 1. The van der Waals surface area contributed by atoms with Gasteiger partial charge in [-0.05, 0) is 24.6 Å². The quantitative estimate of drug-likeness (QED) is 0.739. The van der Waals surface area contributed by atoms with Gasteiger partial charge in [-0.2, -0.15) is 0 Å². The Morgan fingerprint density at radius 2 is 2.15 bits per heavy atom. The van der Waals surface area contributed by atoms with Crippen LogP contribution in [0.1, 0.15) is 12.5 Å². The Balaban J connectivity index is 3.05. The summed E-state index contributed by atoms with van der Waals surface area (Å²) < 4.78 is 5.17. The van der Waals surface area contributed by atoms with Gasteiger partial charge in [-0.25, -0.2) is 0 Å². The Labute approximate surface area is 77.6 Å². The minimum Gasteiger partial charge on any atom is -0.508 e. The van der Waals surface area contributed by atoms with Crippen LogP contribution in [0.3, 0.4) is 0 Å². The van der Waals surface area contributed by atoms with E-state index in [2.05, 4.69) is 0 Å². The Bertz CT molecular complexity index is 279. The Kier molecular flexibility index (Phi) is 2.90. The number of aromatic hydroxyl groups is 1. The van der Waals surface area contributed by atoms with Crippen LogP contribution in [0.5, 0.6) is 5.75 Å². The van der Waals surface area contributed by atoms with Crippen molar-refractivity contribution in [2.24, 2.45) is 0 Å². The predicted octanol–water partition coefficient (Wildman–Crippen LogP) is 1.25. The SMILES string of the molecule is COC(C)(CO)c1cccc(O)c1. The average Bonchev–Trinajstić information content (AvgIpc) is 2.17. The summed E-state index contributed by atoms with van der Waals surface area (Å²) in [5.74, 6) is 0.175. The highest BCUT2D eigenvalue weighted by molar-refractivity contribution is 5.31. The van der Waals surface area contributed by atoms with Crippen molar-refractivity contribution in [3.63, 3.8) is 0 Å². The highest BCUT2D eigenvalue weighted by atomic mass is 16.5. The monoisotopic (exact) mass is 182 g/mol. The topological polar surface area (TPSA) is 49.7 Å². The van der Waals surface area contributed by atoms with Gasteiger partial charge in [0.15, 0.2) is 0 Å². The second-order valence-electron chi connectivity index (χ2n) is 3.14. The van der Waals surface area contributed by atoms with E-state index >= 15 is 0 Å². The summed E-state index contributed by atoms with van der Waals surface area (Å²) >= 11 is 0. The van der Waals surface area contributed by atoms with E-state index in [-0.39, 0.29) is 12.4 Å². The summed E-state index contributed by atoms with van der Waals surface area (Å²) in [4.78, 5) is 0. The molecule has 3 nitrogen and oxygen atoms in total. The van der Waals surface area contributed by atoms with Gasteiger partial charge in [-0.3, -0.25) is 0 Å². The molecule has 0 aliphatic heterocycles. The zero-order valence-corrected chi connectivity index (χ0v) is 7.82. The number of hydrogen-bond acceptors (Lipinski definition) is 3. The van der Waals surface area contributed by atoms with Crippen LogP contribution in [-0.2, 0) is 10.3 Å². The molecule has 0 bridgehead atoms.